The zero-order valence-electron chi connectivity index (χ0n) is 7.48. The summed E-state index contributed by atoms with van der Waals surface area (Å²) < 4.78 is 5.42. The third kappa shape index (κ3) is 3.18. The Kier molecular flexibility index (Phi) is 3.90. The van der Waals surface area contributed by atoms with E-state index in [9.17, 15) is 0 Å². The predicted octanol–water partition coefficient (Wildman–Crippen LogP) is 2.59. The van der Waals surface area contributed by atoms with Crippen molar-refractivity contribution >= 4 is 8.32 Å². The topological polar surface area (TPSA) is 9.23 Å². The Morgan fingerprint density at radius 3 is 2.20 bits per heavy atom. The van der Waals surface area contributed by atoms with Gasteiger partial charge in [0.2, 0.25) is 8.32 Å². The Hall–Kier alpha value is -0.0831. The van der Waals surface area contributed by atoms with Crippen molar-refractivity contribution in [2.24, 2.45) is 5.92 Å². The number of rotatable bonds is 4. The Bertz CT molecular complexity index is 112. The highest BCUT2D eigenvalue weighted by molar-refractivity contribution is 6.77. The largest absolute Gasteiger partial charge is 0.416 e. The Morgan fingerprint density at radius 2 is 2.10 bits per heavy atom. The van der Waals surface area contributed by atoms with Crippen molar-refractivity contribution in [2.45, 2.75) is 26.4 Å². The first-order valence-electron chi connectivity index (χ1n) is 3.73. The van der Waals surface area contributed by atoms with Crippen molar-refractivity contribution < 1.29 is 4.43 Å². The molecule has 0 N–H and O–H groups in total. The Morgan fingerprint density at radius 1 is 1.60 bits per heavy atom. The van der Waals surface area contributed by atoms with Crippen molar-refractivity contribution in [3.63, 3.8) is 0 Å². The summed E-state index contributed by atoms with van der Waals surface area (Å²) in [4.78, 5) is 0. The minimum atomic E-state index is -1.50. The van der Waals surface area contributed by atoms with Gasteiger partial charge >= 0.3 is 0 Å². The zero-order chi connectivity index (χ0) is 8.20. The summed E-state index contributed by atoms with van der Waals surface area (Å²) in [5, 5.41) is 0. The lowest BCUT2D eigenvalue weighted by Gasteiger charge is -2.22. The molecule has 0 saturated carbocycles. The van der Waals surface area contributed by atoms with Crippen molar-refractivity contribution in [2.75, 3.05) is 7.11 Å². The molecular formula is C8H18OSi. The molecule has 1 unspecified atom stereocenters. The minimum Gasteiger partial charge on any atom is -0.416 e. The lowest BCUT2D eigenvalue weighted by atomic mass is 10.3. The first-order valence-corrected chi connectivity index (χ1v) is 6.42. The second-order valence-corrected chi connectivity index (χ2v) is 7.17. The van der Waals surface area contributed by atoms with Crippen LogP contribution in [0.5, 0.6) is 0 Å². The van der Waals surface area contributed by atoms with Crippen molar-refractivity contribution in [1.29, 1.82) is 0 Å². The summed E-state index contributed by atoms with van der Waals surface area (Å²) in [7, 11) is 0.291. The molecule has 0 aromatic carbocycles. The minimum absolute atomic E-state index is 0.717. The molecule has 0 aromatic heterocycles. The summed E-state index contributed by atoms with van der Waals surface area (Å²) in [5.74, 6) is 0.717. The van der Waals surface area contributed by atoms with Crippen LogP contribution in [-0.2, 0) is 4.43 Å². The van der Waals surface area contributed by atoms with Crippen LogP contribution in [0.2, 0.25) is 12.6 Å². The summed E-state index contributed by atoms with van der Waals surface area (Å²) in [6.07, 6.45) is 0. The molecule has 1 atom stereocenters. The molecule has 0 spiro atoms. The van der Waals surface area contributed by atoms with Crippen molar-refractivity contribution in [3.05, 3.63) is 12.3 Å². The molecule has 0 aliphatic heterocycles. The molecule has 60 valence electrons. The van der Waals surface area contributed by atoms with E-state index in [1.165, 1.54) is 6.04 Å². The fourth-order valence-corrected chi connectivity index (χ4v) is 3.18. The second-order valence-electron chi connectivity index (χ2n) is 3.32. The average Bonchev–Trinajstić information content (AvgIpc) is 1.87. The summed E-state index contributed by atoms with van der Waals surface area (Å²) in [6.45, 7) is 10.4. The van der Waals surface area contributed by atoms with Gasteiger partial charge in [-0.1, -0.05) is 19.5 Å². The normalized spacial score (nSPS) is 16.9. The van der Waals surface area contributed by atoms with Gasteiger partial charge in [-0.05, 0) is 18.5 Å². The second kappa shape index (κ2) is 3.94. The highest BCUT2D eigenvalue weighted by atomic mass is 28.4. The monoisotopic (exact) mass is 158 g/mol. The Labute approximate surface area is 65.2 Å². The van der Waals surface area contributed by atoms with Gasteiger partial charge in [0.15, 0.2) is 0 Å². The van der Waals surface area contributed by atoms with E-state index < -0.39 is 8.32 Å². The van der Waals surface area contributed by atoms with E-state index in [0.717, 1.165) is 5.92 Å². The summed E-state index contributed by atoms with van der Waals surface area (Å²) >= 11 is 0. The molecule has 0 aromatic rings. The maximum absolute atomic E-state index is 5.42. The number of hydrogen-bond donors (Lipinski definition) is 0. The van der Waals surface area contributed by atoms with Gasteiger partial charge in [-0.2, -0.15) is 0 Å². The van der Waals surface area contributed by atoms with E-state index in [1.807, 2.05) is 5.70 Å². The summed E-state index contributed by atoms with van der Waals surface area (Å²) in [5.41, 5.74) is 2.01. The fraction of sp³-hybridized carbons (Fsp3) is 0.750. The molecule has 0 aliphatic carbocycles. The molecule has 0 rings (SSSR count). The van der Waals surface area contributed by atoms with Gasteiger partial charge in [0, 0.05) is 7.11 Å². The predicted molar refractivity (Wildman–Crippen MR) is 48.5 cm³/mol. The number of hydrogen-bond acceptors (Lipinski definition) is 1. The molecule has 0 bridgehead atoms. The van der Waals surface area contributed by atoms with Gasteiger partial charge in [-0.3, -0.25) is 0 Å². The fourth-order valence-electron chi connectivity index (χ4n) is 1.06. The lowest BCUT2D eigenvalue weighted by molar-refractivity contribution is 0.401. The lowest BCUT2D eigenvalue weighted by Crippen LogP contribution is -2.31. The quantitative estimate of drug-likeness (QED) is 0.571. The van der Waals surface area contributed by atoms with Crippen LogP contribution in [0.25, 0.3) is 0 Å². The molecule has 1 nitrogen and oxygen atoms in total. The van der Waals surface area contributed by atoms with Crippen LogP contribution in [0.3, 0.4) is 0 Å². The molecule has 0 amide bonds. The van der Waals surface area contributed by atoms with Gasteiger partial charge in [-0.15, -0.1) is 6.58 Å². The van der Waals surface area contributed by atoms with E-state index in [-0.39, 0.29) is 0 Å². The highest BCUT2D eigenvalue weighted by Crippen LogP contribution is 2.17. The molecular weight excluding hydrogens is 140 g/mol. The van der Waals surface area contributed by atoms with E-state index >= 15 is 0 Å². The average molecular weight is 158 g/mol. The smallest absolute Gasteiger partial charge is 0.213 e. The van der Waals surface area contributed by atoms with Crippen molar-refractivity contribution in [3.8, 4) is 0 Å². The Balaban J connectivity index is 3.92. The van der Waals surface area contributed by atoms with Gasteiger partial charge in [0.05, 0.1) is 0 Å². The maximum atomic E-state index is 5.42. The van der Waals surface area contributed by atoms with Crippen LogP contribution in [0.4, 0.5) is 0 Å². The van der Waals surface area contributed by atoms with E-state index in [1.54, 1.807) is 7.11 Å². The van der Waals surface area contributed by atoms with Gasteiger partial charge < -0.3 is 4.43 Å². The van der Waals surface area contributed by atoms with Crippen LogP contribution < -0.4 is 0 Å². The molecule has 0 radical (unpaired) electrons. The van der Waals surface area contributed by atoms with Crippen LogP contribution in [-0.4, -0.2) is 15.4 Å². The van der Waals surface area contributed by atoms with Crippen LogP contribution in [0.15, 0.2) is 12.3 Å². The first kappa shape index (κ1) is 9.92. The molecule has 0 saturated heterocycles. The van der Waals surface area contributed by atoms with Crippen LogP contribution in [0.1, 0.15) is 13.8 Å². The molecule has 10 heavy (non-hydrogen) atoms. The molecule has 0 aliphatic rings. The van der Waals surface area contributed by atoms with Crippen LogP contribution in [0, 0.1) is 5.92 Å². The van der Waals surface area contributed by atoms with Gasteiger partial charge in [-0.25, -0.2) is 0 Å². The zero-order valence-corrected chi connectivity index (χ0v) is 8.48. The maximum Gasteiger partial charge on any atom is 0.213 e. The molecule has 2 heteroatoms. The summed E-state index contributed by atoms with van der Waals surface area (Å²) in [6, 6.07) is 1.17. The van der Waals surface area contributed by atoms with Gasteiger partial charge in [0.1, 0.15) is 0 Å². The van der Waals surface area contributed by atoms with Crippen LogP contribution >= 0.6 is 0 Å². The van der Waals surface area contributed by atoms with Gasteiger partial charge in [0.25, 0.3) is 0 Å². The SMILES string of the molecule is C=C[Si](C)(CC(C)C)OC. The van der Waals surface area contributed by atoms with E-state index in [2.05, 4.69) is 27.0 Å². The third-order valence-corrected chi connectivity index (χ3v) is 5.13. The third-order valence-electron chi connectivity index (χ3n) is 1.71. The van der Waals surface area contributed by atoms with E-state index in [4.69, 9.17) is 4.43 Å². The first-order chi connectivity index (χ1) is 4.54. The highest BCUT2D eigenvalue weighted by Gasteiger charge is 2.24. The molecule has 0 heterocycles. The molecule has 0 fully saturated rings. The standard InChI is InChI=1S/C8H18OSi/c1-6-10(5,9-4)7-8(2)3/h6,8H,1,7H2,2-5H3. The van der Waals surface area contributed by atoms with Crippen molar-refractivity contribution in [1.82, 2.24) is 0 Å². The van der Waals surface area contributed by atoms with E-state index in [0.29, 0.717) is 0 Å².